The highest BCUT2D eigenvalue weighted by atomic mass is 32.2. The van der Waals surface area contributed by atoms with E-state index in [0.29, 0.717) is 0 Å². The Hall–Kier alpha value is -1.68. The van der Waals surface area contributed by atoms with E-state index in [9.17, 15) is 18.0 Å². The van der Waals surface area contributed by atoms with E-state index in [2.05, 4.69) is 9.97 Å². The monoisotopic (exact) mass is 373 g/mol. The zero-order valence-corrected chi connectivity index (χ0v) is 15.7. The summed E-state index contributed by atoms with van der Waals surface area (Å²) in [6.07, 6.45) is 0.584. The number of rotatable bonds is 3. The molecule has 2 heterocycles. The molecule has 2 unspecified atom stereocenters. The van der Waals surface area contributed by atoms with E-state index in [4.69, 9.17) is 4.74 Å². The number of carbonyl (C=O) groups is 2. The lowest BCUT2D eigenvalue weighted by molar-refractivity contribution is 0.0246. The van der Waals surface area contributed by atoms with Gasteiger partial charge in [0.15, 0.2) is 0 Å². The second-order valence-corrected chi connectivity index (χ2v) is 9.02. The Kier molecular flexibility index (Phi) is 5.19. The lowest BCUT2D eigenvalue weighted by Gasteiger charge is -2.23. The topological polar surface area (TPSA) is 107 Å². The minimum Gasteiger partial charge on any atom is -0.443 e. The molecule has 2 atom stereocenters. The number of ether oxygens (including phenoxy) is 1. The van der Waals surface area contributed by atoms with E-state index in [0.717, 1.165) is 4.90 Å². The number of hydrogen-bond donors (Lipinski definition) is 0. The molecule has 0 aliphatic carbocycles. The first kappa shape index (κ1) is 18.7. The number of fused-ring (bicyclic) bond motifs is 1. The summed E-state index contributed by atoms with van der Waals surface area (Å²) >= 11 is 0. The molecule has 1 aromatic heterocycles. The third-order valence-corrected chi connectivity index (χ3v) is 4.99. The van der Waals surface area contributed by atoms with Gasteiger partial charge in [0.05, 0.1) is 39.4 Å². The van der Waals surface area contributed by atoms with Crippen molar-refractivity contribution in [3.63, 3.8) is 0 Å². The van der Waals surface area contributed by atoms with Crippen LogP contribution in [0.4, 0.5) is 4.79 Å². The highest BCUT2D eigenvalue weighted by molar-refractivity contribution is 7.85. The summed E-state index contributed by atoms with van der Waals surface area (Å²) in [7, 11) is -3.05. The summed E-state index contributed by atoms with van der Waals surface area (Å²) in [5, 5.41) is 0.00754. The minimum atomic E-state index is -1.55. The quantitative estimate of drug-likeness (QED) is 0.579. The summed E-state index contributed by atoms with van der Waals surface area (Å²) in [5.74, 6) is -0.414. The molecule has 0 spiro atoms. The Balaban J connectivity index is 2.48. The van der Waals surface area contributed by atoms with E-state index >= 15 is 0 Å². The van der Waals surface area contributed by atoms with Gasteiger partial charge in [-0.05, 0) is 20.8 Å². The lowest BCUT2D eigenvalue weighted by Crippen LogP contribution is -2.37. The minimum absolute atomic E-state index is 0.00983. The predicted octanol–water partition coefficient (Wildman–Crippen LogP) is 1.23. The van der Waals surface area contributed by atoms with Crippen molar-refractivity contribution >= 4 is 33.6 Å². The Morgan fingerprint density at radius 1 is 1.29 bits per heavy atom. The van der Waals surface area contributed by atoms with Crippen LogP contribution >= 0.6 is 0 Å². The van der Waals surface area contributed by atoms with Gasteiger partial charge in [0.1, 0.15) is 10.6 Å². The number of carbonyl (C=O) groups excluding carboxylic acids is 2. The van der Waals surface area contributed by atoms with Crippen LogP contribution in [0.1, 0.15) is 43.7 Å². The van der Waals surface area contributed by atoms with Gasteiger partial charge in [0, 0.05) is 12.0 Å². The van der Waals surface area contributed by atoms with Crippen molar-refractivity contribution in [2.45, 2.75) is 50.0 Å². The summed E-state index contributed by atoms with van der Waals surface area (Å²) in [4.78, 5) is 33.8. The molecule has 2 amide bonds. The second kappa shape index (κ2) is 6.67. The van der Waals surface area contributed by atoms with E-state index < -0.39 is 39.2 Å². The van der Waals surface area contributed by atoms with Gasteiger partial charge in [-0.3, -0.25) is 13.2 Å². The Labute approximate surface area is 144 Å². The first-order valence-electron chi connectivity index (χ1n) is 7.22. The zero-order chi connectivity index (χ0) is 18.2. The maximum atomic E-state index is 12.6. The van der Waals surface area contributed by atoms with Crippen LogP contribution in [0.3, 0.4) is 0 Å². The van der Waals surface area contributed by atoms with Gasteiger partial charge in [-0.1, -0.05) is 6.92 Å². The van der Waals surface area contributed by atoms with Crippen molar-refractivity contribution in [2.24, 2.45) is 0 Å². The van der Waals surface area contributed by atoms with Gasteiger partial charge in [-0.2, -0.15) is 0 Å². The zero-order valence-electron chi connectivity index (χ0n) is 14.1. The maximum absolute atomic E-state index is 12.6. The molecule has 2 rings (SSSR count). The molecule has 0 N–H and O–H groups in total. The van der Waals surface area contributed by atoms with Gasteiger partial charge in [-0.15, -0.1) is 0 Å². The fraction of sp³-hybridized carbons (Fsp3) is 0.571. The maximum Gasteiger partial charge on any atom is 0.417 e. The van der Waals surface area contributed by atoms with Crippen LogP contribution in [-0.4, -0.2) is 52.9 Å². The standard InChI is InChI=1S/C14H19N3O5S2/c1-6-24(21)10-9-8(15-12(16-10)23(5)20)7-17(11(9)18)13(19)22-14(2,3)4/h6-7H2,1-5H3. The lowest BCUT2D eigenvalue weighted by atomic mass is 10.2. The largest absolute Gasteiger partial charge is 0.443 e. The molecule has 132 valence electrons. The van der Waals surface area contributed by atoms with Gasteiger partial charge in [0.2, 0.25) is 5.16 Å². The number of imide groups is 1. The molecule has 0 aromatic carbocycles. The van der Waals surface area contributed by atoms with E-state index in [1.54, 1.807) is 27.7 Å². The molecule has 0 fully saturated rings. The average Bonchev–Trinajstić information content (AvgIpc) is 2.81. The smallest absolute Gasteiger partial charge is 0.417 e. The van der Waals surface area contributed by atoms with Crippen LogP contribution in [0, 0.1) is 0 Å². The summed E-state index contributed by atoms with van der Waals surface area (Å²) in [5.41, 5.74) is -0.485. The molecular formula is C14H19N3O5S2. The number of amides is 2. The molecule has 0 saturated carbocycles. The van der Waals surface area contributed by atoms with Crippen molar-refractivity contribution in [3.05, 3.63) is 11.3 Å². The molecule has 24 heavy (non-hydrogen) atoms. The van der Waals surface area contributed by atoms with Crippen LogP contribution in [0.2, 0.25) is 0 Å². The molecule has 0 radical (unpaired) electrons. The van der Waals surface area contributed by atoms with Crippen molar-refractivity contribution in [2.75, 3.05) is 12.0 Å². The van der Waals surface area contributed by atoms with Gasteiger partial charge < -0.3 is 4.74 Å². The number of nitrogens with zero attached hydrogens (tertiary/aromatic N) is 3. The van der Waals surface area contributed by atoms with Crippen LogP contribution in [0.5, 0.6) is 0 Å². The van der Waals surface area contributed by atoms with E-state index in [-0.39, 0.29) is 33.7 Å². The first-order valence-corrected chi connectivity index (χ1v) is 10.1. The van der Waals surface area contributed by atoms with Crippen molar-refractivity contribution < 1.29 is 22.7 Å². The normalized spacial score (nSPS) is 16.7. The molecule has 0 bridgehead atoms. The van der Waals surface area contributed by atoms with Gasteiger partial charge in [0.25, 0.3) is 5.91 Å². The molecule has 1 aliphatic rings. The van der Waals surface area contributed by atoms with Crippen molar-refractivity contribution in [1.82, 2.24) is 14.9 Å². The molecule has 0 saturated heterocycles. The second-order valence-electron chi connectivity index (χ2n) is 6.09. The Bertz CT molecular complexity index is 758. The molecule has 1 aromatic rings. The molecule has 10 heteroatoms. The van der Waals surface area contributed by atoms with Gasteiger partial charge >= 0.3 is 6.09 Å². The molecule has 8 nitrogen and oxygen atoms in total. The van der Waals surface area contributed by atoms with Gasteiger partial charge in [-0.25, -0.2) is 19.7 Å². The van der Waals surface area contributed by atoms with Crippen LogP contribution < -0.4 is 0 Å². The summed E-state index contributed by atoms with van der Waals surface area (Å²) in [6.45, 7) is 6.62. The predicted molar refractivity (Wildman–Crippen MR) is 87.4 cm³/mol. The van der Waals surface area contributed by atoms with E-state index in [1.807, 2.05) is 0 Å². The summed E-state index contributed by atoms with van der Waals surface area (Å²) in [6, 6.07) is 0. The van der Waals surface area contributed by atoms with Crippen LogP contribution in [0.15, 0.2) is 10.2 Å². The fourth-order valence-electron chi connectivity index (χ4n) is 2.04. The fourth-order valence-corrected chi connectivity index (χ4v) is 3.45. The Morgan fingerprint density at radius 2 is 1.92 bits per heavy atom. The number of aromatic nitrogens is 2. The molecular weight excluding hydrogens is 354 g/mol. The summed E-state index contributed by atoms with van der Waals surface area (Å²) < 4.78 is 29.1. The average molecular weight is 373 g/mol. The third-order valence-electron chi connectivity index (χ3n) is 3.05. The van der Waals surface area contributed by atoms with Crippen molar-refractivity contribution in [1.29, 1.82) is 0 Å². The van der Waals surface area contributed by atoms with E-state index in [1.165, 1.54) is 6.26 Å². The van der Waals surface area contributed by atoms with Crippen molar-refractivity contribution in [3.8, 4) is 0 Å². The number of hydrogen-bond acceptors (Lipinski definition) is 7. The highest BCUT2D eigenvalue weighted by Crippen LogP contribution is 2.28. The Morgan fingerprint density at radius 3 is 2.42 bits per heavy atom. The molecule has 1 aliphatic heterocycles. The first-order chi connectivity index (χ1) is 11.0. The SMILES string of the molecule is CCS(=O)c1nc(S(C)=O)nc2c1C(=O)N(C(=O)OC(C)(C)C)C2. The van der Waals surface area contributed by atoms with Crippen LogP contribution in [-0.2, 0) is 32.9 Å². The highest BCUT2D eigenvalue weighted by Gasteiger charge is 2.40. The third kappa shape index (κ3) is 3.69. The van der Waals surface area contributed by atoms with Crippen LogP contribution in [0.25, 0.3) is 0 Å².